The predicted octanol–water partition coefficient (Wildman–Crippen LogP) is 4.03. The summed E-state index contributed by atoms with van der Waals surface area (Å²) in [5.74, 6) is -0.237. The van der Waals surface area contributed by atoms with Crippen LogP contribution in [0.5, 0.6) is 0 Å². The topological polar surface area (TPSA) is 30.7 Å². The number of nitrogens with zero attached hydrogens (tertiary/aromatic N) is 3. The lowest BCUT2D eigenvalue weighted by molar-refractivity contribution is 0.626. The van der Waals surface area contributed by atoms with Crippen molar-refractivity contribution in [1.82, 2.24) is 14.8 Å². The maximum atomic E-state index is 13.2. The largest absolute Gasteiger partial charge is 0.265 e. The van der Waals surface area contributed by atoms with E-state index in [0.717, 1.165) is 35.3 Å². The number of allylic oxidation sites excluding steroid dienone is 1. The molecule has 0 atom stereocenters. The van der Waals surface area contributed by atoms with E-state index in [1.165, 1.54) is 17.8 Å². The minimum atomic E-state index is -0.237. The van der Waals surface area contributed by atoms with Gasteiger partial charge in [0.2, 0.25) is 0 Å². The lowest BCUT2D eigenvalue weighted by Crippen LogP contribution is -2.04. The highest BCUT2D eigenvalue weighted by atomic mass is 19.1. The van der Waals surface area contributed by atoms with E-state index in [9.17, 15) is 4.39 Å². The Morgan fingerprint density at radius 3 is 2.55 bits per heavy atom. The molecule has 0 saturated carbocycles. The molecular weight excluding hydrogens is 277 g/mol. The fourth-order valence-electron chi connectivity index (χ4n) is 2.82. The summed E-state index contributed by atoms with van der Waals surface area (Å²) >= 11 is 0. The zero-order valence-corrected chi connectivity index (χ0v) is 11.9. The molecule has 4 rings (SSSR count). The van der Waals surface area contributed by atoms with Gasteiger partial charge in [0.25, 0.3) is 0 Å². The van der Waals surface area contributed by atoms with Gasteiger partial charge in [0, 0.05) is 23.5 Å². The molecule has 4 heteroatoms. The molecule has 0 saturated heterocycles. The summed E-state index contributed by atoms with van der Waals surface area (Å²) < 4.78 is 15.1. The Morgan fingerprint density at radius 1 is 1.00 bits per heavy atom. The molecule has 0 bridgehead atoms. The van der Waals surface area contributed by atoms with E-state index < -0.39 is 0 Å². The molecule has 0 N–H and O–H groups in total. The monoisotopic (exact) mass is 291 g/mol. The number of aromatic nitrogens is 3. The molecule has 3 aromatic rings. The van der Waals surface area contributed by atoms with Crippen molar-refractivity contribution in [3.63, 3.8) is 0 Å². The molecule has 3 nitrogen and oxygen atoms in total. The fourth-order valence-corrected chi connectivity index (χ4v) is 2.82. The Hall–Kier alpha value is -2.75. The summed E-state index contributed by atoms with van der Waals surface area (Å²) in [5, 5.41) is 4.78. The van der Waals surface area contributed by atoms with Crippen LogP contribution in [0.4, 0.5) is 4.39 Å². The lowest BCUT2D eigenvalue weighted by atomic mass is 9.99. The Kier molecular flexibility index (Phi) is 3.07. The number of hydrogen-bond donors (Lipinski definition) is 0. The van der Waals surface area contributed by atoms with E-state index in [4.69, 9.17) is 5.10 Å². The molecule has 2 aromatic heterocycles. The molecule has 22 heavy (non-hydrogen) atoms. The first-order chi connectivity index (χ1) is 10.8. The van der Waals surface area contributed by atoms with Crippen LogP contribution in [-0.2, 0) is 6.42 Å². The summed E-state index contributed by atoms with van der Waals surface area (Å²) in [6.07, 6.45) is 9.76. The summed E-state index contributed by atoms with van der Waals surface area (Å²) in [6, 6.07) is 10.4. The van der Waals surface area contributed by atoms with Crippen LogP contribution >= 0.6 is 0 Å². The molecule has 0 aliphatic heterocycles. The van der Waals surface area contributed by atoms with Crippen molar-refractivity contribution in [2.24, 2.45) is 0 Å². The van der Waals surface area contributed by atoms with E-state index in [2.05, 4.69) is 17.1 Å². The Balaban J connectivity index is 1.92. The quantitative estimate of drug-likeness (QED) is 0.713. The van der Waals surface area contributed by atoms with E-state index >= 15 is 0 Å². The minimum Gasteiger partial charge on any atom is -0.265 e. The molecule has 2 heterocycles. The van der Waals surface area contributed by atoms with Gasteiger partial charge in [-0.2, -0.15) is 5.10 Å². The molecule has 0 amide bonds. The Morgan fingerprint density at radius 2 is 1.77 bits per heavy atom. The van der Waals surface area contributed by atoms with E-state index in [-0.39, 0.29) is 5.82 Å². The van der Waals surface area contributed by atoms with Gasteiger partial charge in [-0.15, -0.1) is 0 Å². The number of hydrogen-bond acceptors (Lipinski definition) is 2. The minimum absolute atomic E-state index is 0.237. The van der Waals surface area contributed by atoms with Crippen molar-refractivity contribution in [3.8, 4) is 16.9 Å². The second-order valence-corrected chi connectivity index (χ2v) is 5.27. The number of pyridine rings is 1. The third-order valence-electron chi connectivity index (χ3n) is 3.88. The Labute approximate surface area is 127 Å². The smallest absolute Gasteiger partial charge is 0.123 e. The lowest BCUT2D eigenvalue weighted by Gasteiger charge is -2.10. The molecule has 108 valence electrons. The molecule has 1 aliphatic rings. The molecular formula is C18H14FN3. The van der Waals surface area contributed by atoms with Crippen LogP contribution in [0.2, 0.25) is 0 Å². The van der Waals surface area contributed by atoms with Crippen molar-refractivity contribution >= 4 is 6.08 Å². The average Bonchev–Trinajstić information content (AvgIpc) is 2.96. The molecule has 0 radical (unpaired) electrons. The summed E-state index contributed by atoms with van der Waals surface area (Å²) in [5.41, 5.74) is 5.17. The van der Waals surface area contributed by atoms with Gasteiger partial charge in [-0.3, -0.25) is 4.98 Å². The van der Waals surface area contributed by atoms with Gasteiger partial charge in [-0.05, 0) is 49.2 Å². The predicted molar refractivity (Wildman–Crippen MR) is 84.1 cm³/mol. The van der Waals surface area contributed by atoms with Crippen molar-refractivity contribution in [3.05, 3.63) is 71.9 Å². The van der Waals surface area contributed by atoms with Gasteiger partial charge in [-0.25, -0.2) is 9.07 Å². The van der Waals surface area contributed by atoms with Gasteiger partial charge >= 0.3 is 0 Å². The second-order valence-electron chi connectivity index (χ2n) is 5.27. The maximum absolute atomic E-state index is 13.2. The third-order valence-corrected chi connectivity index (χ3v) is 3.88. The van der Waals surface area contributed by atoms with E-state index in [1.54, 1.807) is 24.5 Å². The first-order valence-electron chi connectivity index (χ1n) is 7.28. The molecule has 1 aliphatic carbocycles. The van der Waals surface area contributed by atoms with Crippen LogP contribution in [0, 0.1) is 5.82 Å². The number of fused-ring (bicyclic) bond motifs is 1. The molecule has 0 spiro atoms. The molecule has 0 unspecified atom stereocenters. The highest BCUT2D eigenvalue weighted by Gasteiger charge is 2.19. The fraction of sp³-hybridized carbons (Fsp3) is 0.111. The second kappa shape index (κ2) is 5.22. The van der Waals surface area contributed by atoms with Crippen molar-refractivity contribution < 1.29 is 4.39 Å². The molecule has 1 aromatic carbocycles. The Bertz CT molecular complexity index is 833. The summed E-state index contributed by atoms with van der Waals surface area (Å²) in [7, 11) is 0. The van der Waals surface area contributed by atoms with Crippen molar-refractivity contribution in [2.45, 2.75) is 12.8 Å². The van der Waals surface area contributed by atoms with Gasteiger partial charge in [-0.1, -0.05) is 12.2 Å². The van der Waals surface area contributed by atoms with Crippen LogP contribution < -0.4 is 0 Å². The zero-order valence-electron chi connectivity index (χ0n) is 11.9. The van der Waals surface area contributed by atoms with Gasteiger partial charge in [0.1, 0.15) is 11.5 Å². The first kappa shape index (κ1) is 13.0. The number of benzene rings is 1. The first-order valence-corrected chi connectivity index (χ1v) is 7.28. The van der Waals surface area contributed by atoms with Gasteiger partial charge < -0.3 is 0 Å². The highest BCUT2D eigenvalue weighted by molar-refractivity contribution is 5.74. The van der Waals surface area contributed by atoms with Crippen LogP contribution in [-0.4, -0.2) is 14.8 Å². The summed E-state index contributed by atoms with van der Waals surface area (Å²) in [6.45, 7) is 0. The van der Waals surface area contributed by atoms with Crippen LogP contribution in [0.1, 0.15) is 17.7 Å². The average molecular weight is 291 g/mol. The third kappa shape index (κ3) is 2.13. The SMILES string of the molecule is Fc1ccc(-n2nc(-c3ccncc3)c3c2CCC=C3)cc1. The standard InChI is InChI=1S/C18H14FN3/c19-14-5-7-15(8-6-14)22-17-4-2-1-3-16(17)18(21-22)13-9-11-20-12-10-13/h1,3,5-12H,2,4H2. The van der Waals surface area contributed by atoms with Crippen LogP contribution in [0.25, 0.3) is 23.0 Å². The maximum Gasteiger partial charge on any atom is 0.123 e. The van der Waals surface area contributed by atoms with Crippen molar-refractivity contribution in [2.75, 3.05) is 0 Å². The summed E-state index contributed by atoms with van der Waals surface area (Å²) in [4.78, 5) is 4.06. The van der Waals surface area contributed by atoms with Gasteiger partial charge in [0.05, 0.1) is 11.4 Å². The van der Waals surface area contributed by atoms with E-state index in [0.29, 0.717) is 0 Å². The highest BCUT2D eigenvalue weighted by Crippen LogP contribution is 2.31. The van der Waals surface area contributed by atoms with Crippen LogP contribution in [0.3, 0.4) is 0 Å². The van der Waals surface area contributed by atoms with E-state index in [1.807, 2.05) is 16.8 Å². The number of rotatable bonds is 2. The van der Waals surface area contributed by atoms with Crippen molar-refractivity contribution in [1.29, 1.82) is 0 Å². The van der Waals surface area contributed by atoms with Crippen LogP contribution in [0.15, 0.2) is 54.9 Å². The van der Waals surface area contributed by atoms with Gasteiger partial charge in [0.15, 0.2) is 0 Å². The zero-order chi connectivity index (χ0) is 14.9. The number of halogens is 1. The molecule has 0 fully saturated rings. The normalized spacial score (nSPS) is 13.1.